The third-order valence-electron chi connectivity index (χ3n) is 13.0. The van der Waals surface area contributed by atoms with E-state index in [-0.39, 0.29) is 30.2 Å². The first-order chi connectivity index (χ1) is 29.7. The molecule has 2 aliphatic heterocycles. The maximum atomic E-state index is 13.7. The van der Waals surface area contributed by atoms with Gasteiger partial charge in [0.05, 0.1) is 36.2 Å². The van der Waals surface area contributed by atoms with Crippen molar-refractivity contribution >= 4 is 51.9 Å². The van der Waals surface area contributed by atoms with Crippen molar-refractivity contribution in [1.29, 1.82) is 0 Å². The Morgan fingerprint density at radius 1 is 0.855 bits per heavy atom. The second-order valence-corrected chi connectivity index (χ2v) is 17.7. The molecule has 0 fully saturated rings. The number of aryl methyl sites for hydroxylation is 1. The molecular formula is C51H61N6O5+. The summed E-state index contributed by atoms with van der Waals surface area (Å²) in [6.45, 7) is 9.63. The predicted octanol–water partition coefficient (Wildman–Crippen LogP) is 8.88. The highest BCUT2D eigenvalue weighted by Crippen LogP contribution is 2.57. The lowest BCUT2D eigenvalue weighted by Crippen LogP contribution is -3.10. The number of allylic oxidation sites excluding steroid dienone is 4. The molecule has 0 aromatic heterocycles. The zero-order chi connectivity index (χ0) is 44.2. The fraction of sp³-hybridized carbons (Fsp3) is 0.353. The van der Waals surface area contributed by atoms with Crippen LogP contribution in [0.15, 0.2) is 121 Å². The molecule has 3 aliphatic rings. The van der Waals surface area contributed by atoms with Gasteiger partial charge in [-0.05, 0) is 130 Å². The lowest BCUT2D eigenvalue weighted by Gasteiger charge is -2.33. The van der Waals surface area contributed by atoms with Crippen LogP contribution in [-0.4, -0.2) is 66.2 Å². The summed E-state index contributed by atoms with van der Waals surface area (Å²) in [6, 6.07) is 29.8. The molecule has 11 heteroatoms. The van der Waals surface area contributed by atoms with E-state index in [0.29, 0.717) is 24.3 Å². The van der Waals surface area contributed by atoms with E-state index >= 15 is 0 Å². The lowest BCUT2D eigenvalue weighted by molar-refractivity contribution is -0.849. The number of fused-ring (bicyclic) bond motifs is 3. The number of anilines is 4. The molecule has 6 N–H and O–H groups in total. The minimum absolute atomic E-state index is 0.00424. The molecule has 4 aromatic carbocycles. The number of hydrogen-bond donors (Lipinski definition) is 6. The Morgan fingerprint density at radius 2 is 1.52 bits per heavy atom. The van der Waals surface area contributed by atoms with Gasteiger partial charge in [-0.1, -0.05) is 50.1 Å². The molecule has 1 amide bonds. The van der Waals surface area contributed by atoms with Crippen LogP contribution in [0.2, 0.25) is 0 Å². The van der Waals surface area contributed by atoms with Crippen molar-refractivity contribution in [3.05, 3.63) is 143 Å². The summed E-state index contributed by atoms with van der Waals surface area (Å²) in [5.41, 5.74) is 17.9. The Morgan fingerprint density at radius 3 is 2.18 bits per heavy atom. The minimum Gasteiger partial charge on any atom is -0.481 e. The number of carbonyl (C=O) groups is 3. The summed E-state index contributed by atoms with van der Waals surface area (Å²) in [5, 5.41) is 22.7. The SMILES string of the molecule is CCCCC1(C)C2=C(CCc3ccccc32)N(CCC(=O)O)/C1=C/C=C/C1[NH+](CCC(=O)O)c2ccc(C(=O)Nc3ccc(NNc4ccc(N(C)C)cc4)cc3)cc2C1(C)C. The summed E-state index contributed by atoms with van der Waals surface area (Å²) < 4.78 is 0. The molecule has 2 heterocycles. The van der Waals surface area contributed by atoms with Gasteiger partial charge < -0.3 is 36.2 Å². The fourth-order valence-electron chi connectivity index (χ4n) is 9.74. The van der Waals surface area contributed by atoms with E-state index in [0.717, 1.165) is 71.0 Å². The number of hydrogen-bond acceptors (Lipinski definition) is 7. The molecule has 0 saturated heterocycles. The molecule has 3 unspecified atom stereocenters. The van der Waals surface area contributed by atoms with Crippen LogP contribution in [0.3, 0.4) is 0 Å². The Labute approximate surface area is 365 Å². The second-order valence-electron chi connectivity index (χ2n) is 17.7. The number of amides is 1. The van der Waals surface area contributed by atoms with Gasteiger partial charge in [-0.3, -0.25) is 19.3 Å². The number of aliphatic carboxylic acids is 2. The second kappa shape index (κ2) is 18.3. The van der Waals surface area contributed by atoms with E-state index in [1.165, 1.54) is 22.4 Å². The molecule has 0 bridgehead atoms. The molecule has 0 radical (unpaired) electrons. The third kappa shape index (κ3) is 8.99. The topological polar surface area (TPSA) is 139 Å². The van der Waals surface area contributed by atoms with Gasteiger partial charge in [-0.25, -0.2) is 0 Å². The Hall–Kier alpha value is -6.33. The zero-order valence-corrected chi connectivity index (χ0v) is 36.8. The van der Waals surface area contributed by atoms with Gasteiger partial charge in [0, 0.05) is 66.0 Å². The van der Waals surface area contributed by atoms with Crippen LogP contribution >= 0.6 is 0 Å². The summed E-state index contributed by atoms with van der Waals surface area (Å²) in [5.74, 6) is -1.91. The van der Waals surface area contributed by atoms with Crippen LogP contribution in [0.25, 0.3) is 5.57 Å². The number of carbonyl (C=O) groups excluding carboxylic acids is 1. The Balaban J connectivity index is 1.13. The Kier molecular flexibility index (Phi) is 12.9. The highest BCUT2D eigenvalue weighted by molar-refractivity contribution is 6.04. The van der Waals surface area contributed by atoms with Gasteiger partial charge in [0.15, 0.2) is 0 Å². The van der Waals surface area contributed by atoms with E-state index in [9.17, 15) is 24.6 Å². The number of nitrogens with one attached hydrogen (secondary N) is 4. The van der Waals surface area contributed by atoms with E-state index in [1.807, 2.05) is 85.7 Å². The largest absolute Gasteiger partial charge is 0.481 e. The minimum atomic E-state index is -0.857. The van der Waals surface area contributed by atoms with Gasteiger partial charge in [0.1, 0.15) is 11.7 Å². The maximum absolute atomic E-state index is 13.7. The van der Waals surface area contributed by atoms with Gasteiger partial charge in [-0.2, -0.15) is 0 Å². The molecule has 11 nitrogen and oxygen atoms in total. The van der Waals surface area contributed by atoms with Crippen molar-refractivity contribution in [3.8, 4) is 0 Å². The summed E-state index contributed by atoms with van der Waals surface area (Å²) in [6.07, 6.45) is 11.3. The first kappa shape index (κ1) is 43.7. The van der Waals surface area contributed by atoms with Gasteiger partial charge >= 0.3 is 11.9 Å². The molecule has 62 heavy (non-hydrogen) atoms. The smallest absolute Gasteiger partial charge is 0.309 e. The fourth-order valence-corrected chi connectivity index (χ4v) is 9.74. The molecule has 3 atom stereocenters. The Bertz CT molecular complexity index is 2400. The standard InChI is InChI=1S/C51H60N6O5/c1-7-8-30-51(4)45(57(32-29-47(60)61)43-27-16-34-12-9-10-13-40(34)48(43)51)15-11-14-44-50(2,3)41-33-35(17-26-42(41)56(44)31-28-46(58)59)49(62)52-36-18-20-37(21-19-36)53-54-38-22-24-39(25-23-38)55(5)6/h9-15,17-26,33,44,53-54H,7-8,16,27-32H2,1-6H3,(H,52,62)(H,58,59)(H,60,61)/p+1/b14-11+,45-15+. The monoisotopic (exact) mass is 837 g/mol. The number of rotatable bonds is 17. The first-order valence-electron chi connectivity index (χ1n) is 21.8. The average molecular weight is 838 g/mol. The molecule has 7 rings (SSSR count). The van der Waals surface area contributed by atoms with Crippen LogP contribution in [0, 0.1) is 5.41 Å². The summed E-state index contributed by atoms with van der Waals surface area (Å²) in [4.78, 5) is 43.0. The molecule has 0 saturated carbocycles. The number of nitrogens with zero attached hydrogens (tertiary/aromatic N) is 2. The van der Waals surface area contributed by atoms with Crippen LogP contribution in [0.4, 0.5) is 28.4 Å². The van der Waals surface area contributed by atoms with Crippen molar-refractivity contribution in [3.63, 3.8) is 0 Å². The quantitative estimate of drug-likeness (QED) is 0.0576. The molecule has 0 spiro atoms. The highest BCUT2D eigenvalue weighted by Gasteiger charge is 2.49. The van der Waals surface area contributed by atoms with Crippen molar-refractivity contribution in [1.82, 2.24) is 4.90 Å². The van der Waals surface area contributed by atoms with Crippen molar-refractivity contribution in [2.24, 2.45) is 5.41 Å². The number of quaternary nitrogens is 1. The normalized spacial score (nSPS) is 20.5. The van der Waals surface area contributed by atoms with Crippen molar-refractivity contribution < 1.29 is 29.5 Å². The van der Waals surface area contributed by atoms with Crippen LogP contribution < -0.4 is 26.0 Å². The van der Waals surface area contributed by atoms with Crippen LogP contribution in [0.1, 0.15) is 93.3 Å². The van der Waals surface area contributed by atoms with Crippen molar-refractivity contribution in [2.45, 2.75) is 84.1 Å². The summed E-state index contributed by atoms with van der Waals surface area (Å²) >= 11 is 0. The molecule has 1 aliphatic carbocycles. The zero-order valence-electron chi connectivity index (χ0n) is 36.8. The number of carboxylic acids is 2. The number of carboxylic acid groups (broad SMARTS) is 2. The number of hydrazine groups is 1. The van der Waals surface area contributed by atoms with Crippen molar-refractivity contribution in [2.75, 3.05) is 48.3 Å². The molecular weight excluding hydrogens is 777 g/mol. The molecule has 4 aromatic rings. The average Bonchev–Trinajstić information content (AvgIpc) is 3.62. The van der Waals surface area contributed by atoms with Crippen LogP contribution in [-0.2, 0) is 21.4 Å². The predicted molar refractivity (Wildman–Crippen MR) is 249 cm³/mol. The summed E-state index contributed by atoms with van der Waals surface area (Å²) in [7, 11) is 4.01. The first-order valence-corrected chi connectivity index (χ1v) is 21.8. The number of benzene rings is 4. The third-order valence-corrected chi connectivity index (χ3v) is 13.0. The van der Waals surface area contributed by atoms with E-state index < -0.39 is 17.4 Å². The number of unbranched alkanes of at least 4 members (excludes halogenated alkanes) is 1. The van der Waals surface area contributed by atoms with Gasteiger partial charge in [-0.15, -0.1) is 0 Å². The molecule has 324 valence electrons. The van der Waals surface area contributed by atoms with Gasteiger partial charge in [0.25, 0.3) is 5.91 Å². The maximum Gasteiger partial charge on any atom is 0.309 e. The highest BCUT2D eigenvalue weighted by atomic mass is 16.4. The van der Waals surface area contributed by atoms with Crippen LogP contribution in [0.5, 0.6) is 0 Å². The van der Waals surface area contributed by atoms with Gasteiger partial charge in [0.2, 0.25) is 0 Å². The van der Waals surface area contributed by atoms with E-state index in [2.05, 4.69) is 91.3 Å². The lowest BCUT2D eigenvalue weighted by atomic mass is 9.71. The van der Waals surface area contributed by atoms with E-state index in [1.54, 1.807) is 0 Å². The van der Waals surface area contributed by atoms with E-state index in [4.69, 9.17) is 0 Å².